The van der Waals surface area contributed by atoms with Gasteiger partial charge < -0.3 is 24.6 Å². The molecule has 236 valence electrons. The number of carbonyl (C=O) groups is 2. The fraction of sp³-hybridized carbons (Fsp3) is 0.600. The highest BCUT2D eigenvalue weighted by Gasteiger charge is 2.32. The summed E-state index contributed by atoms with van der Waals surface area (Å²) >= 11 is 0. The smallest absolute Gasteiger partial charge is 0.410 e. The van der Waals surface area contributed by atoms with Crippen LogP contribution < -0.4 is 10.2 Å². The number of benzene rings is 2. The van der Waals surface area contributed by atoms with Crippen molar-refractivity contribution in [1.82, 2.24) is 9.80 Å². The molecule has 1 aliphatic heterocycles. The lowest BCUT2D eigenvalue weighted by molar-refractivity contribution is -0.123. The van der Waals surface area contributed by atoms with Crippen LogP contribution >= 0.6 is 0 Å². The minimum Gasteiger partial charge on any atom is -0.444 e. The van der Waals surface area contributed by atoms with E-state index in [0.29, 0.717) is 25.8 Å². The van der Waals surface area contributed by atoms with Crippen LogP contribution in [0.5, 0.6) is 0 Å². The third-order valence-electron chi connectivity index (χ3n) is 8.62. The Morgan fingerprint density at radius 3 is 2.44 bits per heavy atom. The molecule has 0 unspecified atom stereocenters. The van der Waals surface area contributed by atoms with Gasteiger partial charge in [0.05, 0.1) is 6.61 Å². The summed E-state index contributed by atoms with van der Waals surface area (Å²) in [6, 6.07) is 15.3. The molecule has 8 nitrogen and oxygen atoms in total. The van der Waals surface area contributed by atoms with Gasteiger partial charge in [0.15, 0.2) is 0 Å². The molecule has 1 saturated heterocycles. The topological polar surface area (TPSA) is 74.4 Å². The van der Waals surface area contributed by atoms with E-state index in [1.807, 2.05) is 44.5 Å². The summed E-state index contributed by atoms with van der Waals surface area (Å²) in [5, 5.41) is 3.67. The van der Waals surface area contributed by atoms with Crippen molar-refractivity contribution in [2.75, 3.05) is 43.5 Å². The first-order valence-corrected chi connectivity index (χ1v) is 16.0. The largest absolute Gasteiger partial charge is 0.444 e. The second-order valence-corrected chi connectivity index (χ2v) is 13.3. The molecule has 0 spiro atoms. The van der Waals surface area contributed by atoms with Crippen molar-refractivity contribution in [2.45, 2.75) is 98.1 Å². The van der Waals surface area contributed by atoms with Gasteiger partial charge in [-0.25, -0.2) is 4.79 Å². The monoisotopic (exact) mass is 592 g/mol. The lowest BCUT2D eigenvalue weighted by Gasteiger charge is -2.40. The van der Waals surface area contributed by atoms with Gasteiger partial charge in [0.25, 0.3) is 0 Å². The molecule has 1 saturated carbocycles. The van der Waals surface area contributed by atoms with E-state index >= 15 is 0 Å². The van der Waals surface area contributed by atoms with E-state index in [0.717, 1.165) is 56.7 Å². The minimum atomic E-state index is -0.491. The normalized spacial score (nSPS) is 21.4. The molecular formula is C35H52N4O4. The number of ether oxygens (including phenoxy) is 2. The first-order chi connectivity index (χ1) is 20.4. The molecule has 1 aliphatic carbocycles. The van der Waals surface area contributed by atoms with Gasteiger partial charge in [-0.05, 0) is 108 Å². The number of nitrogens with zero attached hydrogens (tertiary/aromatic N) is 3. The minimum absolute atomic E-state index is 0.0510. The Labute approximate surface area is 258 Å². The highest BCUT2D eigenvalue weighted by molar-refractivity contribution is 5.94. The average Bonchev–Trinajstić information content (AvgIpc) is 2.96. The van der Waals surface area contributed by atoms with Crippen LogP contribution in [0.4, 0.5) is 16.2 Å². The number of nitrogens with one attached hydrogen (secondary N) is 1. The number of hydrogen-bond acceptors (Lipinski definition) is 6. The fourth-order valence-corrected chi connectivity index (χ4v) is 6.17. The lowest BCUT2D eigenvalue weighted by atomic mass is 9.85. The Morgan fingerprint density at radius 1 is 1.05 bits per heavy atom. The molecule has 1 atom stereocenters. The molecule has 2 aromatic rings. The van der Waals surface area contributed by atoms with Gasteiger partial charge in [0.2, 0.25) is 5.91 Å². The molecule has 0 bridgehead atoms. The summed E-state index contributed by atoms with van der Waals surface area (Å²) in [6.07, 6.45) is 3.52. The number of amides is 2. The van der Waals surface area contributed by atoms with Crippen molar-refractivity contribution in [3.63, 3.8) is 0 Å². The standard InChI is InChI=1S/C35H52N4O4/c1-8-42-24-27-10-9-11-31(21-27)36-30-15-12-28(13-16-30)33(40)37(7)32-17-14-29(25(2)20-32)23-38-18-19-39(26(3)22-38)34(41)43-35(4,5)6/h9-11,14,17,20-21,26,28,30,36H,8,12-13,15-16,18-19,22-24H2,1-7H3/t26-,28?,30?/m0/s1. The van der Waals surface area contributed by atoms with Crippen LogP contribution in [-0.2, 0) is 27.4 Å². The summed E-state index contributed by atoms with van der Waals surface area (Å²) in [6.45, 7) is 16.3. The van der Waals surface area contributed by atoms with Crippen LogP contribution in [0.2, 0.25) is 0 Å². The van der Waals surface area contributed by atoms with E-state index in [4.69, 9.17) is 9.47 Å². The highest BCUT2D eigenvalue weighted by atomic mass is 16.6. The molecule has 0 radical (unpaired) electrons. The van der Waals surface area contributed by atoms with Gasteiger partial charge in [0.1, 0.15) is 5.60 Å². The van der Waals surface area contributed by atoms with Gasteiger partial charge in [-0.1, -0.05) is 18.2 Å². The molecule has 1 N–H and O–H groups in total. The van der Waals surface area contributed by atoms with Gasteiger partial charge in [0, 0.05) is 69.2 Å². The number of hydrogen-bond donors (Lipinski definition) is 1. The molecular weight excluding hydrogens is 540 g/mol. The number of rotatable bonds is 9. The van der Waals surface area contributed by atoms with Crippen molar-refractivity contribution in [2.24, 2.45) is 5.92 Å². The van der Waals surface area contributed by atoms with Crippen LogP contribution in [0.15, 0.2) is 42.5 Å². The summed E-state index contributed by atoms with van der Waals surface area (Å²) in [7, 11) is 1.91. The van der Waals surface area contributed by atoms with E-state index in [1.54, 1.807) is 0 Å². The second-order valence-electron chi connectivity index (χ2n) is 13.3. The van der Waals surface area contributed by atoms with Crippen molar-refractivity contribution in [3.05, 3.63) is 59.2 Å². The van der Waals surface area contributed by atoms with Gasteiger partial charge in [-0.15, -0.1) is 0 Å². The maximum Gasteiger partial charge on any atom is 0.410 e. The van der Waals surface area contributed by atoms with Crippen molar-refractivity contribution in [1.29, 1.82) is 0 Å². The summed E-state index contributed by atoms with van der Waals surface area (Å²) in [5.74, 6) is 0.256. The quantitative estimate of drug-likeness (QED) is 0.353. The lowest BCUT2D eigenvalue weighted by Crippen LogP contribution is -2.54. The first kappa shape index (κ1) is 32.8. The maximum absolute atomic E-state index is 13.5. The summed E-state index contributed by atoms with van der Waals surface area (Å²) in [5.41, 5.74) is 5.18. The Kier molecular flexibility index (Phi) is 11.1. The molecule has 2 aromatic carbocycles. The zero-order valence-electron chi connectivity index (χ0n) is 27.3. The van der Waals surface area contributed by atoms with Crippen LogP contribution in [0.25, 0.3) is 0 Å². The number of anilines is 2. The van der Waals surface area contributed by atoms with Crippen molar-refractivity contribution < 1.29 is 19.1 Å². The third kappa shape index (κ3) is 9.19. The first-order valence-electron chi connectivity index (χ1n) is 16.0. The molecule has 2 amide bonds. The number of carbonyl (C=O) groups excluding carboxylic acids is 2. The van der Waals surface area contributed by atoms with Crippen LogP contribution in [0.3, 0.4) is 0 Å². The van der Waals surface area contributed by atoms with E-state index in [9.17, 15) is 9.59 Å². The fourth-order valence-electron chi connectivity index (χ4n) is 6.17. The van der Waals surface area contributed by atoms with Gasteiger partial charge in [-0.2, -0.15) is 0 Å². The molecule has 8 heteroatoms. The van der Waals surface area contributed by atoms with E-state index in [1.165, 1.54) is 16.7 Å². The molecule has 43 heavy (non-hydrogen) atoms. The van der Waals surface area contributed by atoms with Crippen LogP contribution in [-0.4, -0.2) is 72.8 Å². The summed E-state index contributed by atoms with van der Waals surface area (Å²) in [4.78, 5) is 32.1. The van der Waals surface area contributed by atoms with Crippen LogP contribution in [0, 0.1) is 12.8 Å². The van der Waals surface area contributed by atoms with Crippen LogP contribution in [0.1, 0.15) is 77.0 Å². The predicted octanol–water partition coefficient (Wildman–Crippen LogP) is 6.61. The second kappa shape index (κ2) is 14.6. The predicted molar refractivity (Wildman–Crippen MR) is 173 cm³/mol. The average molecular weight is 593 g/mol. The number of aryl methyl sites for hydroxylation is 1. The van der Waals surface area contributed by atoms with E-state index in [-0.39, 0.29) is 24.0 Å². The molecule has 2 fully saturated rings. The van der Waals surface area contributed by atoms with E-state index < -0.39 is 5.60 Å². The molecule has 0 aromatic heterocycles. The molecule has 4 rings (SSSR count). The van der Waals surface area contributed by atoms with Crippen molar-refractivity contribution in [3.8, 4) is 0 Å². The van der Waals surface area contributed by atoms with E-state index in [2.05, 4.69) is 66.5 Å². The zero-order valence-corrected chi connectivity index (χ0v) is 27.3. The number of piperazine rings is 1. The van der Waals surface area contributed by atoms with Crippen molar-refractivity contribution >= 4 is 23.4 Å². The maximum atomic E-state index is 13.5. The molecule has 2 aliphatic rings. The molecule has 1 heterocycles. The third-order valence-corrected chi connectivity index (χ3v) is 8.62. The summed E-state index contributed by atoms with van der Waals surface area (Å²) < 4.78 is 11.1. The Hall–Kier alpha value is -3.10. The SMILES string of the molecule is CCOCc1cccc(NC2CCC(C(=O)N(C)c3ccc(CN4CCN(C(=O)OC(C)(C)C)[C@@H](C)C4)c(C)c3)CC2)c1. The Balaban J connectivity index is 1.26. The van der Waals surface area contributed by atoms with Gasteiger partial charge in [-0.3, -0.25) is 9.69 Å². The Bertz CT molecular complexity index is 1230. The Morgan fingerprint density at radius 2 is 1.79 bits per heavy atom. The highest BCUT2D eigenvalue weighted by Crippen LogP contribution is 2.30. The van der Waals surface area contributed by atoms with Gasteiger partial charge >= 0.3 is 6.09 Å². The zero-order chi connectivity index (χ0) is 31.1.